The number of hydrogen-bond acceptors (Lipinski definition) is 3. The second-order valence-corrected chi connectivity index (χ2v) is 7.01. The molecule has 1 N–H and O–H groups in total. The third-order valence-electron chi connectivity index (χ3n) is 3.37. The molecule has 1 atom stereocenters. The molecule has 5 nitrogen and oxygen atoms in total. The molecular weight excluding hydrogens is 288 g/mol. The van der Waals surface area contributed by atoms with Crippen LogP contribution in [0.4, 0.5) is 0 Å². The van der Waals surface area contributed by atoms with E-state index in [1.165, 1.54) is 4.31 Å². The molecule has 1 aromatic carbocycles. The van der Waals surface area contributed by atoms with E-state index in [0.717, 1.165) is 11.1 Å². The lowest BCUT2D eigenvalue weighted by atomic mass is 10.1. The van der Waals surface area contributed by atoms with Gasteiger partial charge in [0.25, 0.3) is 0 Å². The van der Waals surface area contributed by atoms with Crippen molar-refractivity contribution in [3.63, 3.8) is 0 Å². The van der Waals surface area contributed by atoms with Crippen molar-refractivity contribution in [1.29, 1.82) is 0 Å². The lowest BCUT2D eigenvalue weighted by Gasteiger charge is -2.19. The number of nitrogens with zero attached hydrogens (tertiary/aromatic N) is 1. The number of benzene rings is 1. The molecule has 0 saturated heterocycles. The fourth-order valence-corrected chi connectivity index (χ4v) is 3.48. The Kier molecular flexibility index (Phi) is 6.36. The van der Waals surface area contributed by atoms with E-state index in [-0.39, 0.29) is 6.04 Å². The van der Waals surface area contributed by atoms with E-state index in [4.69, 9.17) is 0 Å². The Hall–Kier alpha value is -1.40. The fourth-order valence-electron chi connectivity index (χ4n) is 2.10. The van der Waals surface area contributed by atoms with Crippen molar-refractivity contribution in [2.75, 3.05) is 18.8 Å². The summed E-state index contributed by atoms with van der Waals surface area (Å²) in [5.74, 6) is -0.986. The molecule has 0 fully saturated rings. The molecule has 6 heteroatoms. The molecule has 0 aliphatic rings. The van der Waals surface area contributed by atoms with Crippen molar-refractivity contribution in [3.8, 4) is 0 Å². The van der Waals surface area contributed by atoms with E-state index < -0.39 is 21.7 Å². The Labute approximate surface area is 127 Å². The van der Waals surface area contributed by atoms with Crippen LogP contribution in [0.3, 0.4) is 0 Å². The van der Waals surface area contributed by atoms with Gasteiger partial charge in [0.2, 0.25) is 15.9 Å². The van der Waals surface area contributed by atoms with E-state index in [9.17, 15) is 13.2 Å². The van der Waals surface area contributed by atoms with Crippen LogP contribution in [0.2, 0.25) is 0 Å². The molecule has 118 valence electrons. The Morgan fingerprint density at radius 1 is 1.19 bits per heavy atom. The first-order valence-electron chi connectivity index (χ1n) is 7.13. The van der Waals surface area contributed by atoms with Crippen LogP contribution >= 0.6 is 0 Å². The second-order valence-electron chi connectivity index (χ2n) is 5.04. The summed E-state index contributed by atoms with van der Waals surface area (Å²) in [5.41, 5.74) is 2.09. The molecule has 1 aromatic rings. The van der Waals surface area contributed by atoms with Gasteiger partial charge in [-0.1, -0.05) is 43.7 Å². The molecule has 0 radical (unpaired) electrons. The van der Waals surface area contributed by atoms with Crippen molar-refractivity contribution >= 4 is 15.9 Å². The number of rotatable bonds is 7. The van der Waals surface area contributed by atoms with Gasteiger partial charge in [0, 0.05) is 13.1 Å². The molecule has 1 rings (SSSR count). The molecule has 1 amide bonds. The first kappa shape index (κ1) is 17.7. The minimum atomic E-state index is -3.53. The Morgan fingerprint density at radius 3 is 2.19 bits per heavy atom. The summed E-state index contributed by atoms with van der Waals surface area (Å²) in [4.78, 5) is 11.9. The third kappa shape index (κ3) is 5.13. The number of amides is 1. The summed E-state index contributed by atoms with van der Waals surface area (Å²) >= 11 is 0. The number of nitrogens with one attached hydrogen (secondary N) is 1. The summed E-state index contributed by atoms with van der Waals surface area (Å²) in [6, 6.07) is 7.57. The summed E-state index contributed by atoms with van der Waals surface area (Å²) in [6.45, 7) is 8.09. The maximum absolute atomic E-state index is 12.0. The lowest BCUT2D eigenvalue weighted by molar-refractivity contribution is -0.119. The van der Waals surface area contributed by atoms with Gasteiger partial charge >= 0.3 is 0 Å². The predicted octanol–water partition coefficient (Wildman–Crippen LogP) is 1.84. The van der Waals surface area contributed by atoms with Crippen molar-refractivity contribution < 1.29 is 13.2 Å². The average Bonchev–Trinajstić information content (AvgIpc) is 2.39. The van der Waals surface area contributed by atoms with Crippen LogP contribution in [-0.2, 0) is 14.8 Å². The van der Waals surface area contributed by atoms with Gasteiger partial charge < -0.3 is 5.32 Å². The van der Waals surface area contributed by atoms with Crippen LogP contribution in [0.25, 0.3) is 0 Å². The smallest absolute Gasteiger partial charge is 0.237 e. The van der Waals surface area contributed by atoms with Gasteiger partial charge in [0.1, 0.15) is 5.75 Å². The molecular formula is C15H24N2O3S. The largest absolute Gasteiger partial charge is 0.349 e. The molecule has 0 aliphatic carbocycles. The molecule has 0 unspecified atom stereocenters. The van der Waals surface area contributed by atoms with Crippen molar-refractivity contribution in [3.05, 3.63) is 35.4 Å². The summed E-state index contributed by atoms with van der Waals surface area (Å²) in [7, 11) is -3.53. The standard InChI is InChI=1S/C15H24N2O3S/c1-5-17(6-2)21(19,20)11-15(18)16-13(4)14-9-7-12(3)8-10-14/h7-10,13H,5-6,11H2,1-4H3,(H,16,18)/t13-/m0/s1. The molecule has 0 bridgehead atoms. The van der Waals surface area contributed by atoms with Crippen LogP contribution in [0.5, 0.6) is 0 Å². The monoisotopic (exact) mass is 312 g/mol. The average molecular weight is 312 g/mol. The molecule has 21 heavy (non-hydrogen) atoms. The fraction of sp³-hybridized carbons (Fsp3) is 0.533. The topological polar surface area (TPSA) is 66.5 Å². The normalized spacial score (nSPS) is 13.2. The van der Waals surface area contributed by atoms with Crippen molar-refractivity contribution in [2.45, 2.75) is 33.7 Å². The molecule has 0 heterocycles. The van der Waals surface area contributed by atoms with Gasteiger partial charge in [-0.15, -0.1) is 0 Å². The van der Waals surface area contributed by atoms with E-state index in [2.05, 4.69) is 5.32 Å². The second kappa shape index (κ2) is 7.56. The zero-order valence-corrected chi connectivity index (χ0v) is 13.9. The van der Waals surface area contributed by atoms with Crippen LogP contribution < -0.4 is 5.32 Å². The van der Waals surface area contributed by atoms with Crippen molar-refractivity contribution in [1.82, 2.24) is 9.62 Å². The van der Waals surface area contributed by atoms with E-state index in [0.29, 0.717) is 13.1 Å². The van der Waals surface area contributed by atoms with Gasteiger partial charge in [-0.3, -0.25) is 4.79 Å². The van der Waals surface area contributed by atoms with E-state index >= 15 is 0 Å². The van der Waals surface area contributed by atoms with Gasteiger partial charge in [0.05, 0.1) is 6.04 Å². The Bertz CT molecular complexity index is 563. The molecule has 0 aliphatic heterocycles. The minimum absolute atomic E-state index is 0.218. The Balaban J connectivity index is 2.67. The highest BCUT2D eigenvalue weighted by Gasteiger charge is 2.23. The van der Waals surface area contributed by atoms with Crippen LogP contribution in [0.15, 0.2) is 24.3 Å². The SMILES string of the molecule is CCN(CC)S(=O)(=O)CC(=O)N[C@@H](C)c1ccc(C)cc1. The minimum Gasteiger partial charge on any atom is -0.349 e. The molecule has 0 spiro atoms. The first-order chi connectivity index (χ1) is 9.80. The molecule has 0 saturated carbocycles. The zero-order chi connectivity index (χ0) is 16.0. The molecule has 0 aromatic heterocycles. The number of carbonyl (C=O) groups is 1. The zero-order valence-electron chi connectivity index (χ0n) is 13.1. The Morgan fingerprint density at radius 2 is 1.71 bits per heavy atom. The number of aryl methyl sites for hydroxylation is 1. The van der Waals surface area contributed by atoms with Gasteiger partial charge in [-0.25, -0.2) is 12.7 Å². The maximum atomic E-state index is 12.0. The summed E-state index contributed by atoms with van der Waals surface area (Å²) < 4.78 is 25.4. The third-order valence-corrected chi connectivity index (χ3v) is 5.30. The van der Waals surface area contributed by atoms with Crippen LogP contribution in [0.1, 0.15) is 37.9 Å². The summed E-state index contributed by atoms with van der Waals surface area (Å²) in [6.07, 6.45) is 0. The maximum Gasteiger partial charge on any atom is 0.237 e. The highest BCUT2D eigenvalue weighted by atomic mass is 32.2. The predicted molar refractivity (Wildman–Crippen MR) is 84.4 cm³/mol. The lowest BCUT2D eigenvalue weighted by Crippen LogP contribution is -2.39. The van der Waals surface area contributed by atoms with E-state index in [1.807, 2.05) is 38.1 Å². The summed E-state index contributed by atoms with van der Waals surface area (Å²) in [5, 5.41) is 2.73. The van der Waals surface area contributed by atoms with Crippen molar-refractivity contribution in [2.24, 2.45) is 0 Å². The van der Waals surface area contributed by atoms with Crippen LogP contribution in [-0.4, -0.2) is 37.5 Å². The number of carbonyl (C=O) groups excluding carboxylic acids is 1. The highest BCUT2D eigenvalue weighted by molar-refractivity contribution is 7.89. The number of hydrogen-bond donors (Lipinski definition) is 1. The first-order valence-corrected chi connectivity index (χ1v) is 8.74. The number of sulfonamides is 1. The highest BCUT2D eigenvalue weighted by Crippen LogP contribution is 2.13. The quantitative estimate of drug-likeness (QED) is 0.835. The van der Waals surface area contributed by atoms with Gasteiger partial charge in [-0.05, 0) is 19.4 Å². The van der Waals surface area contributed by atoms with Crippen LogP contribution in [0, 0.1) is 6.92 Å². The van der Waals surface area contributed by atoms with E-state index in [1.54, 1.807) is 13.8 Å². The van der Waals surface area contributed by atoms with Gasteiger partial charge in [-0.2, -0.15) is 0 Å². The van der Waals surface area contributed by atoms with Gasteiger partial charge in [0.15, 0.2) is 0 Å².